The maximum Gasteiger partial charge on any atom is 0.368 e. The lowest BCUT2D eigenvalue weighted by Gasteiger charge is -2.34. The number of ether oxygens (including phenoxy) is 1. The van der Waals surface area contributed by atoms with Crippen LogP contribution in [0.1, 0.15) is 26.2 Å². The summed E-state index contributed by atoms with van der Waals surface area (Å²) >= 11 is 1.34. The van der Waals surface area contributed by atoms with Crippen LogP contribution >= 0.6 is 22.4 Å². The third-order valence-corrected chi connectivity index (χ3v) is 8.05. The molecular weight excluding hydrogens is 453 g/mol. The SMILES string of the molecule is CCCCC1CN(c2ccccc2)c2cc(SC)c(O/C=C(\F)C(=O)O)cc2S(O)(O)C1. The minimum atomic E-state index is -3.16. The summed E-state index contributed by atoms with van der Waals surface area (Å²) in [6, 6.07) is 13.1. The van der Waals surface area contributed by atoms with Gasteiger partial charge in [-0.15, -0.1) is 11.8 Å². The Hall–Kier alpha value is -2.20. The zero-order valence-corrected chi connectivity index (χ0v) is 19.7. The molecule has 9 heteroatoms. The second-order valence-electron chi connectivity index (χ2n) is 7.65. The summed E-state index contributed by atoms with van der Waals surface area (Å²) in [5.74, 6) is -2.71. The van der Waals surface area contributed by atoms with Crippen LogP contribution in [0.2, 0.25) is 0 Å². The van der Waals surface area contributed by atoms with E-state index < -0.39 is 22.4 Å². The molecule has 0 aliphatic carbocycles. The fourth-order valence-electron chi connectivity index (χ4n) is 3.77. The number of unbranched alkanes of at least 4 members (excludes halogenated alkanes) is 1. The molecule has 1 aliphatic heterocycles. The molecule has 1 unspecified atom stereocenters. The van der Waals surface area contributed by atoms with E-state index >= 15 is 0 Å². The number of carboxylic acids is 1. The van der Waals surface area contributed by atoms with Crippen LogP contribution in [-0.4, -0.2) is 38.7 Å². The van der Waals surface area contributed by atoms with Gasteiger partial charge in [-0.1, -0.05) is 38.0 Å². The Balaban J connectivity index is 2.13. The molecule has 3 rings (SSSR count). The van der Waals surface area contributed by atoms with Gasteiger partial charge in [0.25, 0.3) is 0 Å². The summed E-state index contributed by atoms with van der Waals surface area (Å²) in [4.78, 5) is 13.8. The highest BCUT2D eigenvalue weighted by Gasteiger charge is 2.33. The third kappa shape index (κ3) is 5.58. The minimum absolute atomic E-state index is 0.0685. The smallest absolute Gasteiger partial charge is 0.368 e. The van der Waals surface area contributed by atoms with Crippen LogP contribution in [0.25, 0.3) is 0 Å². The molecule has 0 aromatic heterocycles. The Kier molecular flexibility index (Phi) is 8.10. The van der Waals surface area contributed by atoms with E-state index in [1.54, 1.807) is 6.07 Å². The average Bonchev–Trinajstić information content (AvgIpc) is 2.89. The van der Waals surface area contributed by atoms with Crippen LogP contribution in [-0.2, 0) is 4.79 Å². The van der Waals surface area contributed by atoms with Crippen LogP contribution in [0.5, 0.6) is 5.75 Å². The number of anilines is 2. The molecule has 1 aliphatic rings. The minimum Gasteiger partial charge on any atom is -0.476 e. The molecule has 32 heavy (non-hydrogen) atoms. The van der Waals surface area contributed by atoms with Crippen molar-refractivity contribution in [3.05, 3.63) is 54.6 Å². The molecule has 1 atom stereocenters. The van der Waals surface area contributed by atoms with E-state index in [2.05, 4.69) is 11.8 Å². The molecule has 2 aromatic rings. The van der Waals surface area contributed by atoms with Gasteiger partial charge in [0.1, 0.15) is 12.0 Å². The largest absolute Gasteiger partial charge is 0.476 e. The fourth-order valence-corrected chi connectivity index (χ4v) is 6.21. The summed E-state index contributed by atoms with van der Waals surface area (Å²) in [7, 11) is -3.16. The molecule has 3 N–H and O–H groups in total. The van der Waals surface area contributed by atoms with Gasteiger partial charge >= 0.3 is 5.97 Å². The molecule has 1 heterocycles. The normalized spacial score (nSPS) is 19.1. The Morgan fingerprint density at radius 1 is 1.31 bits per heavy atom. The van der Waals surface area contributed by atoms with Crippen LogP contribution < -0.4 is 9.64 Å². The number of fused-ring (bicyclic) bond motifs is 1. The first-order valence-electron chi connectivity index (χ1n) is 10.3. The second-order valence-corrected chi connectivity index (χ2v) is 10.6. The first-order valence-corrected chi connectivity index (χ1v) is 13.3. The lowest BCUT2D eigenvalue weighted by molar-refractivity contribution is -0.134. The lowest BCUT2D eigenvalue weighted by Crippen LogP contribution is -2.25. The van der Waals surface area contributed by atoms with Gasteiger partial charge in [0.05, 0.1) is 15.5 Å². The predicted octanol–water partition coefficient (Wildman–Crippen LogP) is 6.75. The Morgan fingerprint density at radius 3 is 2.66 bits per heavy atom. The number of hydrogen-bond donors (Lipinski definition) is 3. The Bertz CT molecular complexity index is 984. The van der Waals surface area contributed by atoms with Crippen molar-refractivity contribution in [2.45, 2.75) is 36.0 Å². The van der Waals surface area contributed by atoms with Crippen LogP contribution in [0.3, 0.4) is 0 Å². The maximum absolute atomic E-state index is 13.5. The zero-order chi connectivity index (χ0) is 23.3. The number of para-hydroxylation sites is 1. The van der Waals surface area contributed by atoms with Crippen molar-refractivity contribution in [2.24, 2.45) is 5.92 Å². The predicted molar refractivity (Wildman–Crippen MR) is 128 cm³/mol. The number of aliphatic carboxylic acids is 1. The van der Waals surface area contributed by atoms with Crippen molar-refractivity contribution in [3.63, 3.8) is 0 Å². The molecule has 6 nitrogen and oxygen atoms in total. The van der Waals surface area contributed by atoms with Gasteiger partial charge in [0.15, 0.2) is 0 Å². The van der Waals surface area contributed by atoms with Gasteiger partial charge < -0.3 is 14.7 Å². The molecule has 0 saturated carbocycles. The van der Waals surface area contributed by atoms with Gasteiger partial charge in [0.2, 0.25) is 5.83 Å². The zero-order valence-electron chi connectivity index (χ0n) is 18.0. The monoisotopic (exact) mass is 481 g/mol. The van der Waals surface area contributed by atoms with Crippen molar-refractivity contribution in [2.75, 3.05) is 23.5 Å². The standard InChI is InChI=1S/C23H28FNO5S2/c1-3-4-8-16-13-25(17-9-6-5-7-10-17)19-11-21(31-2)20(30-14-18(24)23(26)27)12-22(19)32(28,29)15-16/h5-7,9-12,14,16,28-29H,3-4,8,13,15H2,1-2H3,(H,26,27)/b18-14-. The van der Waals surface area contributed by atoms with Crippen molar-refractivity contribution in [1.29, 1.82) is 0 Å². The molecule has 0 bridgehead atoms. The molecule has 174 valence electrons. The third-order valence-electron chi connectivity index (χ3n) is 5.32. The number of hydrogen-bond acceptors (Lipinski definition) is 6. The average molecular weight is 482 g/mol. The van der Waals surface area contributed by atoms with Crippen molar-refractivity contribution in [3.8, 4) is 5.75 Å². The van der Waals surface area contributed by atoms with Crippen LogP contribution in [0.15, 0.2) is 64.3 Å². The highest BCUT2D eigenvalue weighted by Crippen LogP contribution is 2.59. The maximum atomic E-state index is 13.5. The summed E-state index contributed by atoms with van der Waals surface area (Å²) in [6.07, 6.45) is 5.21. The number of halogens is 1. The van der Waals surface area contributed by atoms with E-state index in [9.17, 15) is 18.3 Å². The van der Waals surface area contributed by atoms with Crippen molar-refractivity contribution in [1.82, 2.24) is 0 Å². The summed E-state index contributed by atoms with van der Waals surface area (Å²) in [5.41, 5.74) is 1.60. The molecular formula is C23H28FNO5S2. The van der Waals surface area contributed by atoms with Gasteiger partial charge in [-0.25, -0.2) is 4.79 Å². The number of carbonyl (C=O) groups is 1. The van der Waals surface area contributed by atoms with Crippen molar-refractivity contribution < 1.29 is 28.1 Å². The molecule has 0 radical (unpaired) electrons. The van der Waals surface area contributed by atoms with Gasteiger partial charge in [-0.2, -0.15) is 15.0 Å². The van der Waals surface area contributed by atoms with E-state index in [4.69, 9.17) is 9.84 Å². The fraction of sp³-hybridized carbons (Fsp3) is 0.348. The highest BCUT2D eigenvalue weighted by atomic mass is 32.3. The van der Waals surface area contributed by atoms with Crippen LogP contribution in [0.4, 0.5) is 15.8 Å². The molecule has 0 saturated heterocycles. The first-order chi connectivity index (χ1) is 15.3. The topological polar surface area (TPSA) is 90.2 Å². The first kappa shape index (κ1) is 24.4. The Labute approximate surface area is 193 Å². The second kappa shape index (κ2) is 10.6. The van der Waals surface area contributed by atoms with E-state index in [0.29, 0.717) is 28.3 Å². The lowest BCUT2D eigenvalue weighted by atomic mass is 10.0. The van der Waals surface area contributed by atoms with Crippen LogP contribution in [0, 0.1) is 5.92 Å². The van der Waals surface area contributed by atoms with E-state index in [1.165, 1.54) is 17.8 Å². The molecule has 0 amide bonds. The number of benzene rings is 2. The van der Waals surface area contributed by atoms with Crippen molar-refractivity contribution >= 4 is 39.7 Å². The molecule has 0 spiro atoms. The van der Waals surface area contributed by atoms with E-state index in [1.807, 2.05) is 36.6 Å². The van der Waals surface area contributed by atoms with Gasteiger partial charge in [-0.05, 0) is 36.8 Å². The van der Waals surface area contributed by atoms with Gasteiger partial charge in [0, 0.05) is 24.1 Å². The quantitative estimate of drug-likeness (QED) is 0.218. The number of carboxylic acid groups (broad SMARTS) is 1. The highest BCUT2D eigenvalue weighted by molar-refractivity contribution is 8.24. The summed E-state index contributed by atoms with van der Waals surface area (Å²) in [6.45, 7) is 2.74. The van der Waals surface area contributed by atoms with E-state index in [-0.39, 0.29) is 17.4 Å². The van der Waals surface area contributed by atoms with Gasteiger partial charge in [-0.3, -0.25) is 9.11 Å². The summed E-state index contributed by atoms with van der Waals surface area (Å²) < 4.78 is 41.1. The summed E-state index contributed by atoms with van der Waals surface area (Å²) in [5, 5.41) is 8.75. The number of thioether (sulfide) groups is 1. The Morgan fingerprint density at radius 2 is 2.03 bits per heavy atom. The number of rotatable bonds is 8. The molecule has 2 aromatic carbocycles. The molecule has 0 fully saturated rings. The number of nitrogens with zero attached hydrogens (tertiary/aromatic N) is 1. The van der Waals surface area contributed by atoms with E-state index in [0.717, 1.165) is 24.9 Å².